The van der Waals surface area contributed by atoms with E-state index in [2.05, 4.69) is 10.3 Å². The molecule has 1 aliphatic heterocycles. The minimum Gasteiger partial charge on any atom is -0.493 e. The fourth-order valence-corrected chi connectivity index (χ4v) is 2.52. The number of methoxy groups -OCH3 is 2. The van der Waals surface area contributed by atoms with E-state index in [0.29, 0.717) is 41.7 Å². The number of carbonyl (C=O) groups is 1. The van der Waals surface area contributed by atoms with Crippen LogP contribution < -0.4 is 19.5 Å². The number of likely N-dealkylation sites (tertiary alicyclic amines) is 1. The Labute approximate surface area is 150 Å². The lowest BCUT2D eigenvalue weighted by molar-refractivity contribution is 0.0459. The van der Waals surface area contributed by atoms with Crippen molar-refractivity contribution in [1.29, 1.82) is 5.26 Å². The molecule has 1 aromatic carbocycles. The molecule has 2 aromatic rings. The van der Waals surface area contributed by atoms with Gasteiger partial charge in [0.05, 0.1) is 27.3 Å². The molecule has 2 heterocycles. The van der Waals surface area contributed by atoms with Crippen molar-refractivity contribution in [2.24, 2.45) is 0 Å². The highest BCUT2D eigenvalue weighted by Gasteiger charge is 2.33. The number of nitrogens with zero attached hydrogens (tertiary/aromatic N) is 3. The molecule has 0 radical (unpaired) electrons. The molecular formula is C18H18N4O4. The smallest absolute Gasteiger partial charge is 0.322 e. The van der Waals surface area contributed by atoms with Gasteiger partial charge in [-0.15, -0.1) is 0 Å². The van der Waals surface area contributed by atoms with Crippen LogP contribution in [0.1, 0.15) is 5.56 Å². The Bertz CT molecular complexity index is 843. The predicted molar refractivity (Wildman–Crippen MR) is 93.5 cm³/mol. The monoisotopic (exact) mass is 354 g/mol. The number of amides is 2. The maximum absolute atomic E-state index is 12.3. The summed E-state index contributed by atoms with van der Waals surface area (Å²) in [4.78, 5) is 18.0. The second-order valence-corrected chi connectivity index (χ2v) is 5.61. The third kappa shape index (κ3) is 3.62. The number of nitriles is 1. The Morgan fingerprint density at radius 3 is 2.73 bits per heavy atom. The van der Waals surface area contributed by atoms with Gasteiger partial charge >= 0.3 is 6.03 Å². The van der Waals surface area contributed by atoms with Crippen LogP contribution in [-0.2, 0) is 0 Å². The van der Waals surface area contributed by atoms with Crippen molar-refractivity contribution in [2.45, 2.75) is 6.10 Å². The van der Waals surface area contributed by atoms with Crippen LogP contribution in [0.2, 0.25) is 0 Å². The number of rotatable bonds is 5. The zero-order valence-electron chi connectivity index (χ0n) is 14.4. The van der Waals surface area contributed by atoms with Crippen molar-refractivity contribution in [2.75, 3.05) is 32.6 Å². The number of nitrogens with one attached hydrogen (secondary N) is 1. The molecule has 0 saturated carbocycles. The number of carbonyl (C=O) groups excluding carboxylic acids is 1. The maximum Gasteiger partial charge on any atom is 0.322 e. The summed E-state index contributed by atoms with van der Waals surface area (Å²) in [6.45, 7) is 0.834. The molecule has 0 spiro atoms. The fraction of sp³-hybridized carbons (Fsp3) is 0.278. The minimum absolute atomic E-state index is 0.187. The van der Waals surface area contributed by atoms with Gasteiger partial charge in [0.15, 0.2) is 11.5 Å². The molecule has 1 fully saturated rings. The number of hydrogen-bond donors (Lipinski definition) is 1. The van der Waals surface area contributed by atoms with E-state index in [4.69, 9.17) is 19.5 Å². The largest absolute Gasteiger partial charge is 0.493 e. The molecule has 26 heavy (non-hydrogen) atoms. The molecule has 1 aliphatic rings. The molecule has 0 bridgehead atoms. The zero-order valence-corrected chi connectivity index (χ0v) is 14.4. The number of ether oxygens (including phenoxy) is 3. The van der Waals surface area contributed by atoms with Gasteiger partial charge in [-0.05, 0) is 24.3 Å². The Hall–Kier alpha value is -3.47. The summed E-state index contributed by atoms with van der Waals surface area (Å²) in [5, 5.41) is 11.8. The molecular weight excluding hydrogens is 336 g/mol. The van der Waals surface area contributed by atoms with E-state index in [9.17, 15) is 4.79 Å². The number of urea groups is 1. The summed E-state index contributed by atoms with van der Waals surface area (Å²) in [5.41, 5.74) is 0.981. The van der Waals surface area contributed by atoms with Gasteiger partial charge in [0.1, 0.15) is 17.7 Å². The van der Waals surface area contributed by atoms with Crippen LogP contribution in [0.4, 0.5) is 10.5 Å². The number of hydrogen-bond acceptors (Lipinski definition) is 6. The van der Waals surface area contributed by atoms with E-state index in [0.717, 1.165) is 0 Å². The summed E-state index contributed by atoms with van der Waals surface area (Å²) in [6, 6.07) is 10.3. The molecule has 8 nitrogen and oxygen atoms in total. The van der Waals surface area contributed by atoms with Crippen molar-refractivity contribution >= 4 is 11.7 Å². The maximum atomic E-state index is 12.3. The first-order valence-electron chi connectivity index (χ1n) is 7.94. The van der Waals surface area contributed by atoms with E-state index in [1.807, 2.05) is 6.07 Å². The number of pyridine rings is 1. The number of aromatic nitrogens is 1. The minimum atomic E-state index is -0.237. The first-order valence-corrected chi connectivity index (χ1v) is 7.94. The van der Waals surface area contributed by atoms with Gasteiger partial charge in [-0.3, -0.25) is 0 Å². The van der Waals surface area contributed by atoms with Gasteiger partial charge in [-0.25, -0.2) is 9.78 Å². The standard InChI is InChI=1S/C18H18N4O4/c1-24-15-6-5-13(8-16(15)25-2)21-18(23)22-10-14(11-22)26-17-12(9-19)4-3-7-20-17/h3-8,14H,10-11H2,1-2H3,(H,21,23). The Balaban J connectivity index is 1.55. The van der Waals surface area contributed by atoms with Crippen molar-refractivity contribution in [3.05, 3.63) is 42.1 Å². The fourth-order valence-electron chi connectivity index (χ4n) is 2.52. The molecule has 8 heteroatoms. The predicted octanol–water partition coefficient (Wildman–Crippen LogP) is 2.27. The SMILES string of the molecule is COc1ccc(NC(=O)N2CC(Oc3ncccc3C#N)C2)cc1OC. The van der Waals surface area contributed by atoms with Crippen LogP contribution in [0, 0.1) is 11.3 Å². The molecule has 1 aromatic heterocycles. The van der Waals surface area contributed by atoms with E-state index in [-0.39, 0.29) is 12.1 Å². The summed E-state index contributed by atoms with van der Waals surface area (Å²) in [6.07, 6.45) is 1.38. The second-order valence-electron chi connectivity index (χ2n) is 5.61. The Kier molecular flexibility index (Phi) is 5.08. The summed E-state index contributed by atoms with van der Waals surface area (Å²) < 4.78 is 16.1. The van der Waals surface area contributed by atoms with Crippen LogP contribution in [-0.4, -0.2) is 49.3 Å². The third-order valence-electron chi connectivity index (χ3n) is 3.94. The normalized spacial score (nSPS) is 13.3. The lowest BCUT2D eigenvalue weighted by atomic mass is 10.2. The van der Waals surface area contributed by atoms with Gasteiger partial charge in [0.2, 0.25) is 5.88 Å². The second kappa shape index (κ2) is 7.61. The van der Waals surface area contributed by atoms with Crippen molar-refractivity contribution < 1.29 is 19.0 Å². The topological polar surface area (TPSA) is 96.7 Å². The van der Waals surface area contributed by atoms with Crippen LogP contribution >= 0.6 is 0 Å². The molecule has 0 aliphatic carbocycles. The van der Waals surface area contributed by atoms with E-state index in [1.165, 1.54) is 7.11 Å². The van der Waals surface area contributed by atoms with Gasteiger partial charge in [-0.1, -0.05) is 0 Å². The third-order valence-corrected chi connectivity index (χ3v) is 3.94. The summed E-state index contributed by atoms with van der Waals surface area (Å²) >= 11 is 0. The van der Waals surface area contributed by atoms with Gasteiger partial charge in [0.25, 0.3) is 0 Å². The van der Waals surface area contributed by atoms with E-state index < -0.39 is 0 Å². The lowest BCUT2D eigenvalue weighted by Crippen LogP contribution is -2.57. The van der Waals surface area contributed by atoms with E-state index >= 15 is 0 Å². The summed E-state index contributed by atoms with van der Waals surface area (Å²) in [5.74, 6) is 1.42. The molecule has 1 N–H and O–H groups in total. The molecule has 0 atom stereocenters. The molecule has 1 saturated heterocycles. The van der Waals surface area contributed by atoms with Crippen LogP contribution in [0.15, 0.2) is 36.5 Å². The zero-order chi connectivity index (χ0) is 18.5. The van der Waals surface area contributed by atoms with Gasteiger partial charge in [0, 0.05) is 18.0 Å². The van der Waals surface area contributed by atoms with Crippen molar-refractivity contribution in [1.82, 2.24) is 9.88 Å². The Morgan fingerprint density at radius 2 is 2.04 bits per heavy atom. The van der Waals surface area contributed by atoms with Crippen molar-refractivity contribution in [3.8, 4) is 23.4 Å². The quantitative estimate of drug-likeness (QED) is 0.885. The van der Waals surface area contributed by atoms with E-state index in [1.54, 1.807) is 48.5 Å². The van der Waals surface area contributed by atoms with Crippen LogP contribution in [0.3, 0.4) is 0 Å². The number of benzene rings is 1. The van der Waals surface area contributed by atoms with Crippen molar-refractivity contribution in [3.63, 3.8) is 0 Å². The van der Waals surface area contributed by atoms with Crippen LogP contribution in [0.25, 0.3) is 0 Å². The van der Waals surface area contributed by atoms with Gasteiger partial charge < -0.3 is 24.4 Å². The highest BCUT2D eigenvalue weighted by atomic mass is 16.5. The molecule has 2 amide bonds. The van der Waals surface area contributed by atoms with Crippen LogP contribution in [0.5, 0.6) is 17.4 Å². The highest BCUT2D eigenvalue weighted by molar-refractivity contribution is 5.90. The summed E-state index contributed by atoms with van der Waals surface area (Å²) in [7, 11) is 3.09. The lowest BCUT2D eigenvalue weighted by Gasteiger charge is -2.38. The first-order chi connectivity index (χ1) is 12.6. The van der Waals surface area contributed by atoms with Gasteiger partial charge in [-0.2, -0.15) is 5.26 Å². The first kappa shape index (κ1) is 17.4. The highest BCUT2D eigenvalue weighted by Crippen LogP contribution is 2.30. The molecule has 134 valence electrons. The molecule has 0 unspecified atom stereocenters. The average Bonchev–Trinajstić information content (AvgIpc) is 2.64. The Morgan fingerprint density at radius 1 is 1.27 bits per heavy atom. The molecule has 3 rings (SSSR count). The average molecular weight is 354 g/mol. The number of anilines is 1.